The molecule has 0 bridgehead atoms. The van der Waals surface area contributed by atoms with Crippen LogP contribution in [-0.4, -0.2) is 15.9 Å². The van der Waals surface area contributed by atoms with Crippen molar-refractivity contribution in [2.24, 2.45) is 11.0 Å². The van der Waals surface area contributed by atoms with Gasteiger partial charge in [0.2, 0.25) is 0 Å². The van der Waals surface area contributed by atoms with Gasteiger partial charge >= 0.3 is 0 Å². The van der Waals surface area contributed by atoms with Crippen LogP contribution in [0.3, 0.4) is 0 Å². The van der Waals surface area contributed by atoms with E-state index in [1.807, 2.05) is 24.3 Å². The van der Waals surface area contributed by atoms with E-state index in [9.17, 15) is 0 Å². The van der Waals surface area contributed by atoms with E-state index in [0.717, 1.165) is 29.3 Å². The lowest BCUT2D eigenvalue weighted by Crippen LogP contribution is -2.16. The predicted octanol–water partition coefficient (Wildman–Crippen LogP) is 4.33. The van der Waals surface area contributed by atoms with Crippen LogP contribution in [0.15, 0.2) is 59.4 Å². The van der Waals surface area contributed by atoms with Gasteiger partial charge in [0.05, 0.1) is 11.9 Å². The summed E-state index contributed by atoms with van der Waals surface area (Å²) in [6, 6.07) is 8.02. The third-order valence-electron chi connectivity index (χ3n) is 4.17. The van der Waals surface area contributed by atoms with Crippen molar-refractivity contribution >= 4 is 22.3 Å². The Balaban J connectivity index is 1.87. The van der Waals surface area contributed by atoms with E-state index in [0.29, 0.717) is 11.7 Å². The number of hydrazone groups is 1. The minimum Gasteiger partial charge on any atom is -0.259 e. The van der Waals surface area contributed by atoms with E-state index < -0.39 is 0 Å². The first kappa shape index (κ1) is 14.4. The van der Waals surface area contributed by atoms with Crippen molar-refractivity contribution in [1.29, 1.82) is 0 Å². The summed E-state index contributed by atoms with van der Waals surface area (Å²) in [5.74, 6) is 1.17. The Morgan fingerprint density at radius 1 is 1.36 bits per heavy atom. The van der Waals surface area contributed by atoms with Gasteiger partial charge < -0.3 is 0 Å². The molecule has 0 saturated heterocycles. The number of hydrogen-bond acceptors (Lipinski definition) is 4. The van der Waals surface area contributed by atoms with E-state index in [2.05, 4.69) is 47.2 Å². The molecule has 0 fully saturated rings. The maximum absolute atomic E-state index is 4.57. The van der Waals surface area contributed by atoms with Crippen LogP contribution in [0.25, 0.3) is 10.8 Å². The Kier molecular flexibility index (Phi) is 4.00. The van der Waals surface area contributed by atoms with Crippen LogP contribution < -0.4 is 5.43 Å². The molecule has 1 atom stereocenters. The van der Waals surface area contributed by atoms with E-state index >= 15 is 0 Å². The maximum atomic E-state index is 4.57. The molecular formula is C18H20N4. The van der Waals surface area contributed by atoms with Crippen molar-refractivity contribution < 1.29 is 0 Å². The fraction of sp³-hybridized carbons (Fsp3) is 0.278. The van der Waals surface area contributed by atoms with Gasteiger partial charge in [-0.05, 0) is 38.2 Å². The number of fused-ring (bicyclic) bond motifs is 1. The molecule has 1 aromatic heterocycles. The Labute approximate surface area is 130 Å². The number of nitrogens with one attached hydrogen (secondary N) is 1. The van der Waals surface area contributed by atoms with E-state index in [1.54, 1.807) is 6.20 Å². The molecule has 1 heterocycles. The van der Waals surface area contributed by atoms with Crippen LogP contribution in [0.5, 0.6) is 0 Å². The van der Waals surface area contributed by atoms with Crippen LogP contribution in [0.1, 0.15) is 26.7 Å². The molecule has 0 unspecified atom stereocenters. The van der Waals surface area contributed by atoms with Gasteiger partial charge in [0, 0.05) is 10.8 Å². The van der Waals surface area contributed by atoms with Crippen LogP contribution in [0.2, 0.25) is 0 Å². The van der Waals surface area contributed by atoms with Gasteiger partial charge in [-0.1, -0.05) is 42.5 Å². The standard InChI is InChI=1S/C18H20N4/c1-12(2)14-9-8-13(3)17(10-14)20-22-18-16-7-5-4-6-15(16)11-19-21-18/h4-8,11,14H,1,9-10H2,2-3H3,(H,21,22)/b20-17+/t14-/m0/s1. The molecule has 4 nitrogen and oxygen atoms in total. The summed E-state index contributed by atoms with van der Waals surface area (Å²) in [5.41, 5.74) is 6.59. The number of aromatic nitrogens is 2. The van der Waals surface area contributed by atoms with E-state index in [-0.39, 0.29) is 0 Å². The average Bonchev–Trinajstić information content (AvgIpc) is 2.54. The molecule has 0 saturated carbocycles. The highest BCUT2D eigenvalue weighted by Gasteiger charge is 2.18. The van der Waals surface area contributed by atoms with Crippen molar-refractivity contribution in [3.8, 4) is 0 Å². The van der Waals surface area contributed by atoms with E-state index in [1.165, 1.54) is 11.1 Å². The lowest BCUT2D eigenvalue weighted by molar-refractivity contribution is 0.639. The number of rotatable bonds is 3. The third-order valence-corrected chi connectivity index (χ3v) is 4.17. The lowest BCUT2D eigenvalue weighted by atomic mass is 9.85. The first-order chi connectivity index (χ1) is 10.6. The number of nitrogens with zero attached hydrogens (tertiary/aromatic N) is 3. The Morgan fingerprint density at radius 2 is 2.18 bits per heavy atom. The fourth-order valence-corrected chi connectivity index (χ4v) is 2.65. The van der Waals surface area contributed by atoms with E-state index in [4.69, 9.17) is 0 Å². The third kappa shape index (κ3) is 2.91. The number of benzene rings is 1. The maximum Gasteiger partial charge on any atom is 0.176 e. The quantitative estimate of drug-likeness (QED) is 0.676. The fourth-order valence-electron chi connectivity index (χ4n) is 2.65. The molecule has 0 amide bonds. The van der Waals surface area contributed by atoms with Gasteiger partial charge in [-0.25, -0.2) is 0 Å². The largest absolute Gasteiger partial charge is 0.259 e. The molecule has 4 heteroatoms. The zero-order valence-electron chi connectivity index (χ0n) is 13.0. The topological polar surface area (TPSA) is 50.2 Å². The molecule has 1 aliphatic carbocycles. The minimum atomic E-state index is 0.475. The van der Waals surface area contributed by atoms with Crippen molar-refractivity contribution in [3.05, 3.63) is 54.3 Å². The molecule has 22 heavy (non-hydrogen) atoms. The molecule has 0 aliphatic heterocycles. The summed E-state index contributed by atoms with van der Waals surface area (Å²) < 4.78 is 0. The predicted molar refractivity (Wildman–Crippen MR) is 91.9 cm³/mol. The van der Waals surface area contributed by atoms with Gasteiger partial charge in [-0.2, -0.15) is 10.2 Å². The Hall–Kier alpha value is -2.49. The molecule has 3 rings (SSSR count). The number of allylic oxidation sites excluding steroid dienone is 3. The zero-order chi connectivity index (χ0) is 15.5. The van der Waals surface area contributed by atoms with Crippen molar-refractivity contribution in [3.63, 3.8) is 0 Å². The van der Waals surface area contributed by atoms with Crippen molar-refractivity contribution in [2.45, 2.75) is 26.7 Å². The number of anilines is 1. The van der Waals surface area contributed by atoms with Crippen LogP contribution in [-0.2, 0) is 0 Å². The van der Waals surface area contributed by atoms with Gasteiger partial charge in [0.25, 0.3) is 0 Å². The van der Waals surface area contributed by atoms with Crippen LogP contribution >= 0.6 is 0 Å². The summed E-state index contributed by atoms with van der Waals surface area (Å²) in [6.45, 7) is 8.26. The van der Waals surface area contributed by atoms with Crippen molar-refractivity contribution in [2.75, 3.05) is 5.43 Å². The highest BCUT2D eigenvalue weighted by molar-refractivity contribution is 6.01. The summed E-state index contributed by atoms with van der Waals surface area (Å²) in [5, 5.41) is 14.8. The summed E-state index contributed by atoms with van der Waals surface area (Å²) in [7, 11) is 0. The second kappa shape index (κ2) is 6.10. The molecule has 112 valence electrons. The summed E-state index contributed by atoms with van der Waals surface area (Å²) in [6.07, 6.45) is 5.96. The van der Waals surface area contributed by atoms with Gasteiger partial charge in [-0.3, -0.25) is 5.43 Å². The molecule has 1 N–H and O–H groups in total. The molecule has 2 aromatic rings. The van der Waals surface area contributed by atoms with Crippen molar-refractivity contribution in [1.82, 2.24) is 10.2 Å². The normalized spacial score (nSPS) is 20.0. The lowest BCUT2D eigenvalue weighted by Gasteiger charge is -2.22. The Bertz CT molecular complexity index is 768. The molecule has 1 aliphatic rings. The minimum absolute atomic E-state index is 0.475. The van der Waals surface area contributed by atoms with Crippen LogP contribution in [0.4, 0.5) is 5.82 Å². The van der Waals surface area contributed by atoms with Gasteiger partial charge in [-0.15, -0.1) is 5.10 Å². The SMILES string of the molecule is C=C(C)[C@H]1CC=C(C)/C(=N/Nc2nncc3ccccc23)C1. The Morgan fingerprint density at radius 3 is 3.00 bits per heavy atom. The molecule has 0 spiro atoms. The first-order valence-electron chi connectivity index (χ1n) is 7.50. The van der Waals surface area contributed by atoms with Gasteiger partial charge in [0.15, 0.2) is 5.82 Å². The zero-order valence-corrected chi connectivity index (χ0v) is 13.0. The van der Waals surface area contributed by atoms with Crippen LogP contribution in [0, 0.1) is 5.92 Å². The highest BCUT2D eigenvalue weighted by Crippen LogP contribution is 2.27. The molecule has 0 radical (unpaired) electrons. The second-order valence-electron chi connectivity index (χ2n) is 5.82. The second-order valence-corrected chi connectivity index (χ2v) is 5.82. The highest BCUT2D eigenvalue weighted by atomic mass is 15.3. The smallest absolute Gasteiger partial charge is 0.176 e. The molecule has 1 aromatic carbocycles. The summed E-state index contributed by atoms with van der Waals surface area (Å²) in [4.78, 5) is 0. The monoisotopic (exact) mass is 292 g/mol. The van der Waals surface area contributed by atoms with Gasteiger partial charge in [0.1, 0.15) is 0 Å². The number of hydrogen-bond donors (Lipinski definition) is 1. The average molecular weight is 292 g/mol. The molecular weight excluding hydrogens is 272 g/mol. The summed E-state index contributed by atoms with van der Waals surface area (Å²) >= 11 is 0. The first-order valence-corrected chi connectivity index (χ1v) is 7.50.